The van der Waals surface area contributed by atoms with E-state index in [1.807, 2.05) is 0 Å². The highest BCUT2D eigenvalue weighted by molar-refractivity contribution is 5.74. The van der Waals surface area contributed by atoms with Gasteiger partial charge in [0.1, 0.15) is 18.6 Å². The first-order chi connectivity index (χ1) is 17.2. The van der Waals surface area contributed by atoms with Crippen LogP contribution in [-0.2, 0) is 38.0 Å². The molecule has 35 heavy (non-hydrogen) atoms. The van der Waals surface area contributed by atoms with Gasteiger partial charge in [-0.3, -0.25) is 9.59 Å². The lowest BCUT2D eigenvalue weighted by Gasteiger charge is -2.09. The lowest BCUT2D eigenvalue weighted by atomic mass is 10.2. The Morgan fingerprint density at radius 3 is 1.26 bits per heavy atom. The van der Waals surface area contributed by atoms with Crippen molar-refractivity contribution in [3.8, 4) is 5.75 Å². The zero-order chi connectivity index (χ0) is 25.2. The van der Waals surface area contributed by atoms with Crippen LogP contribution < -0.4 is 4.74 Å². The summed E-state index contributed by atoms with van der Waals surface area (Å²) < 4.78 is 43.0. The maximum atomic E-state index is 10.6. The summed E-state index contributed by atoms with van der Waals surface area (Å²) in [6.45, 7) is 6.58. The molecule has 11 nitrogen and oxygen atoms in total. The number of carbonyl (C=O) groups is 2. The van der Waals surface area contributed by atoms with E-state index in [4.69, 9.17) is 43.0 Å². The summed E-state index contributed by atoms with van der Waals surface area (Å²) in [6, 6.07) is 6.90. The summed E-state index contributed by atoms with van der Waals surface area (Å²) in [7, 11) is 0. The molecular weight excluding hydrogens is 464 g/mol. The summed E-state index contributed by atoms with van der Waals surface area (Å²) in [6.07, 6.45) is 0.789. The van der Waals surface area contributed by atoms with Crippen LogP contribution >= 0.6 is 0 Å². The van der Waals surface area contributed by atoms with Gasteiger partial charge in [-0.1, -0.05) is 0 Å². The number of carbonyl (C=O) groups excluding carboxylic acids is 1. The zero-order valence-corrected chi connectivity index (χ0v) is 20.2. The molecule has 0 unspecified atom stereocenters. The Kier molecular flexibility index (Phi) is 20.9. The first-order valence-electron chi connectivity index (χ1n) is 11.7. The number of aldehydes is 1. The molecule has 0 saturated heterocycles. The van der Waals surface area contributed by atoms with Crippen molar-refractivity contribution in [1.82, 2.24) is 0 Å². The number of rotatable bonds is 26. The number of ether oxygens (including phenoxy) is 8. The van der Waals surface area contributed by atoms with Crippen molar-refractivity contribution in [2.24, 2.45) is 0 Å². The second kappa shape index (κ2) is 23.6. The van der Waals surface area contributed by atoms with E-state index in [2.05, 4.69) is 0 Å². The number of benzene rings is 1. The van der Waals surface area contributed by atoms with E-state index >= 15 is 0 Å². The summed E-state index contributed by atoms with van der Waals surface area (Å²) in [5, 5.41) is 8.46. The van der Waals surface area contributed by atoms with Gasteiger partial charge in [0.15, 0.2) is 0 Å². The van der Waals surface area contributed by atoms with Gasteiger partial charge in [-0.25, -0.2) is 0 Å². The molecule has 1 aromatic carbocycles. The lowest BCUT2D eigenvalue weighted by molar-refractivity contribution is -0.138. The molecular formula is C24H38O11. The van der Waals surface area contributed by atoms with Crippen LogP contribution in [0.5, 0.6) is 5.75 Å². The van der Waals surface area contributed by atoms with E-state index < -0.39 is 5.97 Å². The predicted molar refractivity (Wildman–Crippen MR) is 125 cm³/mol. The summed E-state index contributed by atoms with van der Waals surface area (Å²) in [5.74, 6) is -0.177. The Hall–Kier alpha value is -2.12. The number of carboxylic acid groups (broad SMARTS) is 1. The number of aliphatic carboxylic acids is 1. The van der Waals surface area contributed by atoms with Crippen LogP contribution in [0.25, 0.3) is 0 Å². The van der Waals surface area contributed by atoms with Crippen molar-refractivity contribution in [3.63, 3.8) is 0 Å². The molecule has 0 fully saturated rings. The minimum atomic E-state index is -0.875. The fourth-order valence-electron chi connectivity index (χ4n) is 2.44. The highest BCUT2D eigenvalue weighted by atomic mass is 16.6. The standard InChI is InChI=1S/C24H38O11/c25-21-22-1-3-23(4-2-22)35-20-19-34-18-17-33-16-15-32-14-13-31-12-11-30-10-9-29-8-7-28-6-5-24(26)27/h1-4,21H,5-20H2,(H,26,27). The summed E-state index contributed by atoms with van der Waals surface area (Å²) >= 11 is 0. The van der Waals surface area contributed by atoms with E-state index in [-0.39, 0.29) is 13.0 Å². The monoisotopic (exact) mass is 502 g/mol. The quantitative estimate of drug-likeness (QED) is 0.146. The van der Waals surface area contributed by atoms with Crippen molar-refractivity contribution < 1.29 is 52.6 Å². The molecule has 0 atom stereocenters. The summed E-state index contributed by atoms with van der Waals surface area (Å²) in [4.78, 5) is 20.9. The molecule has 0 aliphatic heterocycles. The molecule has 0 spiro atoms. The smallest absolute Gasteiger partial charge is 0.305 e. The van der Waals surface area contributed by atoms with E-state index in [1.165, 1.54) is 0 Å². The number of carboxylic acids is 1. The normalized spacial score (nSPS) is 11.0. The molecule has 0 amide bonds. The maximum absolute atomic E-state index is 10.6. The third-order valence-corrected chi connectivity index (χ3v) is 4.20. The molecule has 0 aromatic heterocycles. The third kappa shape index (κ3) is 20.9. The lowest BCUT2D eigenvalue weighted by Crippen LogP contribution is -2.15. The molecule has 0 radical (unpaired) electrons. The number of hydrogen-bond acceptors (Lipinski definition) is 10. The van der Waals surface area contributed by atoms with Gasteiger partial charge in [-0.05, 0) is 24.3 Å². The van der Waals surface area contributed by atoms with Gasteiger partial charge in [-0.2, -0.15) is 0 Å². The van der Waals surface area contributed by atoms with Gasteiger partial charge < -0.3 is 43.0 Å². The minimum absolute atomic E-state index is 0.00224. The average Bonchev–Trinajstić information content (AvgIpc) is 2.86. The fraction of sp³-hybridized carbons (Fsp3) is 0.667. The Balaban J connectivity index is 1.69. The zero-order valence-electron chi connectivity index (χ0n) is 20.2. The van der Waals surface area contributed by atoms with Gasteiger partial charge in [0.25, 0.3) is 0 Å². The van der Waals surface area contributed by atoms with Gasteiger partial charge >= 0.3 is 5.97 Å². The van der Waals surface area contributed by atoms with Gasteiger partial charge in [0.05, 0.1) is 98.9 Å². The van der Waals surface area contributed by atoms with Crippen LogP contribution in [0.1, 0.15) is 16.8 Å². The van der Waals surface area contributed by atoms with E-state index in [0.29, 0.717) is 104 Å². The van der Waals surface area contributed by atoms with E-state index in [1.54, 1.807) is 24.3 Å². The van der Waals surface area contributed by atoms with Gasteiger partial charge in [0.2, 0.25) is 0 Å². The van der Waals surface area contributed by atoms with E-state index in [0.717, 1.165) is 6.29 Å². The largest absolute Gasteiger partial charge is 0.491 e. The highest BCUT2D eigenvalue weighted by Crippen LogP contribution is 2.10. The average molecular weight is 503 g/mol. The van der Waals surface area contributed by atoms with Crippen molar-refractivity contribution in [2.45, 2.75) is 6.42 Å². The van der Waals surface area contributed by atoms with Crippen LogP contribution in [0.15, 0.2) is 24.3 Å². The SMILES string of the molecule is O=Cc1ccc(OCCOCCOCCOCCOCCOCCOCCOCCC(=O)O)cc1. The van der Waals surface area contributed by atoms with Crippen LogP contribution in [0, 0.1) is 0 Å². The first-order valence-corrected chi connectivity index (χ1v) is 11.7. The molecule has 1 rings (SSSR count). The third-order valence-electron chi connectivity index (χ3n) is 4.20. The van der Waals surface area contributed by atoms with Crippen molar-refractivity contribution in [2.75, 3.05) is 99.1 Å². The van der Waals surface area contributed by atoms with Crippen LogP contribution in [0.2, 0.25) is 0 Å². The van der Waals surface area contributed by atoms with Crippen molar-refractivity contribution in [1.29, 1.82) is 0 Å². The highest BCUT2D eigenvalue weighted by Gasteiger charge is 1.98. The Morgan fingerprint density at radius 1 is 0.571 bits per heavy atom. The fourth-order valence-corrected chi connectivity index (χ4v) is 2.44. The van der Waals surface area contributed by atoms with Crippen LogP contribution in [0.4, 0.5) is 0 Å². The van der Waals surface area contributed by atoms with Crippen molar-refractivity contribution in [3.05, 3.63) is 29.8 Å². The number of hydrogen-bond donors (Lipinski definition) is 1. The molecule has 0 saturated carbocycles. The molecule has 200 valence electrons. The van der Waals surface area contributed by atoms with Crippen LogP contribution in [-0.4, -0.2) is 116 Å². The summed E-state index contributed by atoms with van der Waals surface area (Å²) in [5.41, 5.74) is 0.614. The van der Waals surface area contributed by atoms with Crippen LogP contribution in [0.3, 0.4) is 0 Å². The molecule has 1 aromatic rings. The molecule has 1 N–H and O–H groups in total. The van der Waals surface area contributed by atoms with Gasteiger partial charge in [0, 0.05) is 5.56 Å². The molecule has 0 aliphatic rings. The topological polar surface area (TPSA) is 128 Å². The Bertz CT molecular complexity index is 624. The molecule has 11 heteroatoms. The molecule has 0 bridgehead atoms. The predicted octanol–water partition coefficient (Wildman–Crippen LogP) is 1.47. The second-order valence-electron chi connectivity index (χ2n) is 6.97. The molecule has 0 aliphatic carbocycles. The first kappa shape index (κ1) is 30.9. The molecule has 0 heterocycles. The van der Waals surface area contributed by atoms with Crippen molar-refractivity contribution >= 4 is 12.3 Å². The van der Waals surface area contributed by atoms with Gasteiger partial charge in [-0.15, -0.1) is 0 Å². The van der Waals surface area contributed by atoms with E-state index in [9.17, 15) is 9.59 Å². The minimum Gasteiger partial charge on any atom is -0.491 e. The maximum Gasteiger partial charge on any atom is 0.305 e. The Morgan fingerprint density at radius 2 is 0.914 bits per heavy atom. The second-order valence-corrected chi connectivity index (χ2v) is 6.97. The Labute approximate surface area is 206 Å².